The summed E-state index contributed by atoms with van der Waals surface area (Å²) < 4.78 is 13.1. The smallest absolute Gasteiger partial charge is 0.126 e. The summed E-state index contributed by atoms with van der Waals surface area (Å²) in [5.74, 6) is -0.110. The van der Waals surface area contributed by atoms with Crippen LogP contribution in [-0.4, -0.2) is 6.54 Å². The molecule has 1 aliphatic carbocycles. The van der Waals surface area contributed by atoms with Crippen LogP contribution in [0.3, 0.4) is 0 Å². The second-order valence-corrected chi connectivity index (χ2v) is 5.14. The molecule has 0 aliphatic heterocycles. The van der Waals surface area contributed by atoms with Gasteiger partial charge in [0, 0.05) is 0 Å². The first-order chi connectivity index (χ1) is 7.65. The maximum atomic E-state index is 13.1. The Morgan fingerprint density at radius 1 is 1.38 bits per heavy atom. The van der Waals surface area contributed by atoms with Crippen molar-refractivity contribution in [1.29, 1.82) is 0 Å². The normalized spacial score (nSPS) is 18.2. The zero-order valence-electron chi connectivity index (χ0n) is 9.93. The molecule has 1 aromatic rings. The van der Waals surface area contributed by atoms with Gasteiger partial charge in [-0.25, -0.2) is 4.39 Å². The number of benzene rings is 1. The molecule has 2 N–H and O–H groups in total. The summed E-state index contributed by atoms with van der Waals surface area (Å²) in [5, 5.41) is 0. The number of nitrogens with two attached hydrogens (primary N) is 1. The van der Waals surface area contributed by atoms with E-state index >= 15 is 0 Å². The molecule has 0 unspecified atom stereocenters. The third kappa shape index (κ3) is 2.27. The molecule has 2 heteroatoms. The maximum absolute atomic E-state index is 13.1. The lowest BCUT2D eigenvalue weighted by Crippen LogP contribution is -2.37. The summed E-state index contributed by atoms with van der Waals surface area (Å²) in [4.78, 5) is 0. The average molecular weight is 221 g/mol. The third-order valence-corrected chi connectivity index (χ3v) is 4.01. The third-order valence-electron chi connectivity index (χ3n) is 4.01. The minimum Gasteiger partial charge on any atom is -0.330 e. The summed E-state index contributed by atoms with van der Waals surface area (Å²) in [6.07, 6.45) is 6.03. The fourth-order valence-electron chi connectivity index (χ4n) is 2.50. The molecular weight excluding hydrogens is 201 g/mol. The number of hydrogen-bond acceptors (Lipinski definition) is 1. The van der Waals surface area contributed by atoms with Gasteiger partial charge in [-0.05, 0) is 61.8 Å². The molecule has 1 saturated carbocycles. The first-order valence-corrected chi connectivity index (χ1v) is 6.10. The van der Waals surface area contributed by atoms with Crippen LogP contribution in [0.4, 0.5) is 4.39 Å². The van der Waals surface area contributed by atoms with E-state index < -0.39 is 0 Å². The highest BCUT2D eigenvalue weighted by Gasteiger charge is 2.34. The van der Waals surface area contributed by atoms with E-state index in [0.717, 1.165) is 24.9 Å². The minimum atomic E-state index is -0.110. The Labute approximate surface area is 96.9 Å². The van der Waals surface area contributed by atoms with Gasteiger partial charge >= 0.3 is 0 Å². The van der Waals surface area contributed by atoms with Crippen molar-refractivity contribution in [2.75, 3.05) is 6.54 Å². The second kappa shape index (κ2) is 4.54. The average Bonchev–Trinajstić information content (AvgIpc) is 2.22. The Bertz CT molecular complexity index is 363. The Morgan fingerprint density at radius 2 is 2.12 bits per heavy atom. The molecule has 1 aliphatic rings. The second-order valence-electron chi connectivity index (χ2n) is 5.14. The standard InChI is InChI=1S/C14H20FN/c1-11-9-12(3-4-13(11)15)5-8-14(10-16)6-2-7-14/h3-4,9H,2,5-8,10,16H2,1H3. The van der Waals surface area contributed by atoms with Gasteiger partial charge < -0.3 is 5.73 Å². The van der Waals surface area contributed by atoms with Gasteiger partial charge in [0.15, 0.2) is 0 Å². The van der Waals surface area contributed by atoms with Crippen molar-refractivity contribution < 1.29 is 4.39 Å². The van der Waals surface area contributed by atoms with Crippen molar-refractivity contribution in [3.8, 4) is 0 Å². The quantitative estimate of drug-likeness (QED) is 0.830. The van der Waals surface area contributed by atoms with Gasteiger partial charge in [0.25, 0.3) is 0 Å². The minimum absolute atomic E-state index is 0.110. The molecule has 0 aromatic heterocycles. The van der Waals surface area contributed by atoms with E-state index in [1.807, 2.05) is 19.1 Å². The molecule has 2 rings (SSSR count). The van der Waals surface area contributed by atoms with E-state index in [1.54, 1.807) is 6.07 Å². The molecule has 88 valence electrons. The van der Waals surface area contributed by atoms with Gasteiger partial charge in [-0.15, -0.1) is 0 Å². The highest BCUT2D eigenvalue weighted by molar-refractivity contribution is 5.24. The van der Waals surface area contributed by atoms with Gasteiger partial charge in [0.05, 0.1) is 0 Å². The molecule has 0 atom stereocenters. The molecule has 0 amide bonds. The van der Waals surface area contributed by atoms with Crippen LogP contribution in [0.5, 0.6) is 0 Å². The highest BCUT2D eigenvalue weighted by atomic mass is 19.1. The lowest BCUT2D eigenvalue weighted by atomic mass is 9.66. The molecule has 0 spiro atoms. The van der Waals surface area contributed by atoms with E-state index in [2.05, 4.69) is 0 Å². The highest BCUT2D eigenvalue weighted by Crippen LogP contribution is 2.43. The summed E-state index contributed by atoms with van der Waals surface area (Å²) in [7, 11) is 0. The molecule has 0 heterocycles. The summed E-state index contributed by atoms with van der Waals surface area (Å²) in [6.45, 7) is 2.62. The zero-order chi connectivity index (χ0) is 11.6. The van der Waals surface area contributed by atoms with E-state index in [0.29, 0.717) is 5.41 Å². The predicted octanol–water partition coefficient (Wildman–Crippen LogP) is 3.20. The summed E-state index contributed by atoms with van der Waals surface area (Å²) in [5.41, 5.74) is 8.20. The van der Waals surface area contributed by atoms with Crippen LogP contribution in [-0.2, 0) is 6.42 Å². The number of rotatable bonds is 4. The molecule has 1 aromatic carbocycles. The van der Waals surface area contributed by atoms with Gasteiger partial charge in [0.2, 0.25) is 0 Å². The van der Waals surface area contributed by atoms with Gasteiger partial charge in [0.1, 0.15) is 5.82 Å². The van der Waals surface area contributed by atoms with Crippen molar-refractivity contribution in [2.45, 2.75) is 39.0 Å². The fourth-order valence-corrected chi connectivity index (χ4v) is 2.50. The largest absolute Gasteiger partial charge is 0.330 e. The maximum Gasteiger partial charge on any atom is 0.126 e. The van der Waals surface area contributed by atoms with Crippen molar-refractivity contribution in [2.24, 2.45) is 11.1 Å². The van der Waals surface area contributed by atoms with Crippen LogP contribution in [0.25, 0.3) is 0 Å². The molecular formula is C14H20FN. The molecule has 16 heavy (non-hydrogen) atoms. The topological polar surface area (TPSA) is 26.0 Å². The van der Waals surface area contributed by atoms with Crippen LogP contribution < -0.4 is 5.73 Å². The van der Waals surface area contributed by atoms with Crippen LogP contribution in [0.2, 0.25) is 0 Å². The summed E-state index contributed by atoms with van der Waals surface area (Å²) in [6, 6.07) is 5.42. The van der Waals surface area contributed by atoms with Gasteiger partial charge in [-0.3, -0.25) is 0 Å². The van der Waals surface area contributed by atoms with Crippen molar-refractivity contribution in [1.82, 2.24) is 0 Å². The van der Waals surface area contributed by atoms with Crippen molar-refractivity contribution in [3.63, 3.8) is 0 Å². The molecule has 0 radical (unpaired) electrons. The molecule has 1 fully saturated rings. The molecule has 0 bridgehead atoms. The lowest BCUT2D eigenvalue weighted by molar-refractivity contribution is 0.131. The van der Waals surface area contributed by atoms with E-state index in [-0.39, 0.29) is 5.82 Å². The number of hydrogen-bond donors (Lipinski definition) is 1. The Kier molecular flexibility index (Phi) is 3.29. The first-order valence-electron chi connectivity index (χ1n) is 6.10. The van der Waals surface area contributed by atoms with Gasteiger partial charge in [-0.1, -0.05) is 18.6 Å². The SMILES string of the molecule is Cc1cc(CCC2(CN)CCC2)ccc1F. The first kappa shape index (κ1) is 11.6. The Morgan fingerprint density at radius 3 is 2.62 bits per heavy atom. The van der Waals surface area contributed by atoms with Crippen LogP contribution >= 0.6 is 0 Å². The van der Waals surface area contributed by atoms with Crippen molar-refractivity contribution in [3.05, 3.63) is 35.1 Å². The van der Waals surface area contributed by atoms with E-state index in [1.165, 1.54) is 24.8 Å². The lowest BCUT2D eigenvalue weighted by Gasteiger charge is -2.41. The molecule has 1 nitrogen and oxygen atoms in total. The van der Waals surface area contributed by atoms with Crippen LogP contribution in [0.15, 0.2) is 18.2 Å². The predicted molar refractivity (Wildman–Crippen MR) is 64.8 cm³/mol. The fraction of sp³-hybridized carbons (Fsp3) is 0.571. The van der Waals surface area contributed by atoms with Crippen LogP contribution in [0.1, 0.15) is 36.8 Å². The monoisotopic (exact) mass is 221 g/mol. The van der Waals surface area contributed by atoms with Gasteiger partial charge in [-0.2, -0.15) is 0 Å². The number of halogens is 1. The molecule has 0 saturated heterocycles. The summed E-state index contributed by atoms with van der Waals surface area (Å²) >= 11 is 0. The Hall–Kier alpha value is -0.890. The van der Waals surface area contributed by atoms with E-state index in [4.69, 9.17) is 5.73 Å². The number of aryl methyl sites for hydroxylation is 2. The van der Waals surface area contributed by atoms with Crippen LogP contribution in [0, 0.1) is 18.2 Å². The van der Waals surface area contributed by atoms with E-state index in [9.17, 15) is 4.39 Å². The Balaban J connectivity index is 1.96. The zero-order valence-corrected chi connectivity index (χ0v) is 9.93. The van der Waals surface area contributed by atoms with Crippen molar-refractivity contribution >= 4 is 0 Å².